The van der Waals surface area contributed by atoms with E-state index < -0.39 is 32.2 Å². The van der Waals surface area contributed by atoms with Crippen LogP contribution in [0.25, 0.3) is 0 Å². The summed E-state index contributed by atoms with van der Waals surface area (Å²) in [6, 6.07) is 12.3. The van der Waals surface area contributed by atoms with Crippen LogP contribution >= 0.6 is 0 Å². The Morgan fingerprint density at radius 2 is 1.87 bits per heavy atom. The van der Waals surface area contributed by atoms with Crippen LogP contribution in [0.3, 0.4) is 0 Å². The zero-order valence-corrected chi connectivity index (χ0v) is 18.3. The number of rotatable bonds is 5. The van der Waals surface area contributed by atoms with Crippen molar-refractivity contribution in [1.29, 1.82) is 0 Å². The van der Waals surface area contributed by atoms with Gasteiger partial charge in [-0.3, -0.25) is 0 Å². The van der Waals surface area contributed by atoms with Gasteiger partial charge >= 0.3 is 0 Å². The monoisotopic (exact) mass is 434 g/mol. The number of nitrogens with zero attached hydrogens (tertiary/aromatic N) is 1. The summed E-state index contributed by atoms with van der Waals surface area (Å²) in [4.78, 5) is 4.33. The Kier molecular flexibility index (Phi) is 5.93. The lowest BCUT2D eigenvalue weighted by molar-refractivity contribution is 0.0381. The number of aryl methyl sites for hydroxylation is 1. The summed E-state index contributed by atoms with van der Waals surface area (Å²) in [7, 11) is -3.96. The topological polar surface area (TPSA) is 88.0 Å². The molecule has 2 N–H and O–H groups in total. The van der Waals surface area contributed by atoms with E-state index in [1.54, 1.807) is 51.1 Å². The van der Waals surface area contributed by atoms with E-state index in [0.29, 0.717) is 5.56 Å². The second-order valence-electron chi connectivity index (χ2n) is 8.10. The van der Waals surface area contributed by atoms with Crippen LogP contribution in [0, 0.1) is 12.7 Å². The molecule has 8 heteroatoms. The minimum atomic E-state index is -3.96. The summed E-state index contributed by atoms with van der Waals surface area (Å²) in [5.41, 5.74) is 0.608. The van der Waals surface area contributed by atoms with E-state index in [1.165, 1.54) is 6.07 Å². The molecule has 3 rings (SSSR count). The molecule has 2 aromatic rings. The Morgan fingerprint density at radius 1 is 1.17 bits per heavy atom. The molecule has 30 heavy (non-hydrogen) atoms. The highest BCUT2D eigenvalue weighted by Crippen LogP contribution is 2.45. The largest absolute Gasteiger partial charge is 0.456 e. The van der Waals surface area contributed by atoms with Gasteiger partial charge in [0, 0.05) is 12.2 Å². The number of aliphatic hydroxyl groups excluding tert-OH is 1. The smallest absolute Gasteiger partial charge is 0.299 e. The Bertz CT molecular complexity index is 1070. The first kappa shape index (κ1) is 22.2. The van der Waals surface area contributed by atoms with E-state index in [1.807, 2.05) is 19.1 Å². The molecule has 6 nitrogen and oxygen atoms in total. The van der Waals surface area contributed by atoms with Crippen LogP contribution < -0.4 is 4.72 Å². The fraction of sp³-hybridized carbons (Fsp3) is 0.409. The summed E-state index contributed by atoms with van der Waals surface area (Å²) >= 11 is 0. The molecular formula is C22H27FN2O4S. The van der Waals surface area contributed by atoms with Gasteiger partial charge in [0.1, 0.15) is 11.4 Å². The van der Waals surface area contributed by atoms with Gasteiger partial charge < -0.3 is 9.84 Å². The summed E-state index contributed by atoms with van der Waals surface area (Å²) in [6.45, 7) is 6.64. The normalized spacial score (nSPS) is 24.7. The Balaban J connectivity index is 2.05. The maximum absolute atomic E-state index is 14.3. The van der Waals surface area contributed by atoms with Gasteiger partial charge in [-0.15, -0.1) is 0 Å². The van der Waals surface area contributed by atoms with Gasteiger partial charge in [-0.25, -0.2) is 22.5 Å². The Morgan fingerprint density at radius 3 is 2.47 bits per heavy atom. The standard InChI is InChI=1S/C22H27FN2O4S/c1-15-8-7-9-16(14-15)22(4)21(2,3)29-20(25-30(22,27)28)24-19(12-13-26)17-10-5-6-11-18(17)23/h5-11,14,19,26H,12-13H2,1-4H3,(H,24,25)/t19-,22?/m0/s1. The van der Waals surface area contributed by atoms with Crippen LogP contribution in [0.5, 0.6) is 0 Å². The second-order valence-corrected chi connectivity index (χ2v) is 10.1. The molecule has 0 aliphatic carbocycles. The molecular weight excluding hydrogens is 407 g/mol. The van der Waals surface area contributed by atoms with Crippen molar-refractivity contribution in [2.24, 2.45) is 4.99 Å². The molecule has 0 saturated carbocycles. The van der Waals surface area contributed by atoms with E-state index in [-0.39, 0.29) is 24.6 Å². The molecule has 2 aromatic carbocycles. The van der Waals surface area contributed by atoms with Gasteiger partial charge in [-0.05, 0) is 45.7 Å². The van der Waals surface area contributed by atoms with E-state index in [9.17, 15) is 17.9 Å². The molecule has 1 saturated heterocycles. The minimum absolute atomic E-state index is 0.116. The first-order valence-corrected chi connectivity index (χ1v) is 11.2. The number of aliphatic imine (C=N–C) groups is 1. The van der Waals surface area contributed by atoms with Crippen LogP contribution in [0.2, 0.25) is 0 Å². The van der Waals surface area contributed by atoms with E-state index >= 15 is 0 Å². The predicted molar refractivity (Wildman–Crippen MR) is 114 cm³/mol. The molecule has 1 heterocycles. The fourth-order valence-electron chi connectivity index (χ4n) is 3.70. The third-order valence-corrected chi connectivity index (χ3v) is 8.01. The molecule has 2 atom stereocenters. The number of aliphatic hydroxyl groups is 1. The average molecular weight is 435 g/mol. The molecule has 0 amide bonds. The first-order valence-electron chi connectivity index (χ1n) is 9.73. The highest BCUT2D eigenvalue weighted by atomic mass is 32.2. The molecule has 0 bridgehead atoms. The summed E-state index contributed by atoms with van der Waals surface area (Å²) in [6.07, 6.45) is 0.116. The summed E-state index contributed by atoms with van der Waals surface area (Å²) in [5, 5.41) is 9.41. The lowest BCUT2D eigenvalue weighted by atomic mass is 9.84. The van der Waals surface area contributed by atoms with Crippen molar-refractivity contribution in [1.82, 2.24) is 4.72 Å². The molecule has 0 aromatic heterocycles. The van der Waals surface area contributed by atoms with Crippen LogP contribution in [0.1, 0.15) is 49.9 Å². The van der Waals surface area contributed by atoms with Crippen LogP contribution in [0.4, 0.5) is 4.39 Å². The van der Waals surface area contributed by atoms with Crippen molar-refractivity contribution in [3.63, 3.8) is 0 Å². The highest BCUT2D eigenvalue weighted by Gasteiger charge is 2.59. The third-order valence-electron chi connectivity index (χ3n) is 5.77. The van der Waals surface area contributed by atoms with Gasteiger partial charge in [-0.2, -0.15) is 0 Å². The Labute approximate surface area is 176 Å². The molecule has 0 spiro atoms. The van der Waals surface area contributed by atoms with Crippen LogP contribution in [-0.2, 0) is 19.5 Å². The van der Waals surface area contributed by atoms with Gasteiger partial charge in [0.2, 0.25) is 10.0 Å². The SMILES string of the molecule is Cc1cccc(C2(C)C(C)(C)OC(=N[C@@H](CCO)c3ccccc3F)NS2(=O)=O)c1. The van der Waals surface area contributed by atoms with Crippen molar-refractivity contribution >= 4 is 16.0 Å². The number of nitrogens with one attached hydrogen (secondary N) is 1. The number of ether oxygens (including phenoxy) is 1. The van der Waals surface area contributed by atoms with Crippen LogP contribution in [0.15, 0.2) is 53.5 Å². The number of benzene rings is 2. The quantitative estimate of drug-likeness (QED) is 0.753. The summed E-state index contributed by atoms with van der Waals surface area (Å²) < 4.78 is 48.1. The van der Waals surface area contributed by atoms with E-state index in [2.05, 4.69) is 9.71 Å². The predicted octanol–water partition coefficient (Wildman–Crippen LogP) is 3.56. The third kappa shape index (κ3) is 3.81. The van der Waals surface area contributed by atoms with Gasteiger partial charge in [0.25, 0.3) is 6.02 Å². The minimum Gasteiger partial charge on any atom is -0.456 e. The highest BCUT2D eigenvalue weighted by molar-refractivity contribution is 7.91. The lowest BCUT2D eigenvalue weighted by Crippen LogP contribution is -2.63. The molecule has 1 unspecified atom stereocenters. The van der Waals surface area contributed by atoms with Crippen molar-refractivity contribution < 1.29 is 22.7 Å². The molecule has 1 aliphatic heterocycles. The Hall–Kier alpha value is -2.45. The number of amidine groups is 1. The lowest BCUT2D eigenvalue weighted by Gasteiger charge is -2.47. The maximum atomic E-state index is 14.3. The van der Waals surface area contributed by atoms with E-state index in [0.717, 1.165) is 5.56 Å². The maximum Gasteiger partial charge on any atom is 0.299 e. The molecule has 0 radical (unpaired) electrons. The number of hydrogen-bond acceptors (Lipinski definition) is 5. The van der Waals surface area contributed by atoms with Gasteiger partial charge in [0.05, 0.1) is 6.04 Å². The number of sulfonamides is 1. The molecule has 1 fully saturated rings. The average Bonchev–Trinajstić information content (AvgIpc) is 2.65. The van der Waals surface area contributed by atoms with Crippen LogP contribution in [-0.4, -0.2) is 31.8 Å². The van der Waals surface area contributed by atoms with Crippen molar-refractivity contribution in [2.75, 3.05) is 6.61 Å². The zero-order valence-electron chi connectivity index (χ0n) is 17.5. The van der Waals surface area contributed by atoms with Gasteiger partial charge in [-0.1, -0.05) is 48.0 Å². The van der Waals surface area contributed by atoms with Crippen molar-refractivity contribution in [2.45, 2.75) is 50.5 Å². The number of hydrogen-bond donors (Lipinski definition) is 2. The molecule has 162 valence electrons. The summed E-state index contributed by atoms with van der Waals surface area (Å²) in [5.74, 6) is -0.483. The first-order chi connectivity index (χ1) is 14.0. The zero-order chi connectivity index (χ0) is 22.2. The second kappa shape index (κ2) is 8.00. The number of halogens is 1. The van der Waals surface area contributed by atoms with E-state index in [4.69, 9.17) is 4.74 Å². The van der Waals surface area contributed by atoms with Gasteiger partial charge in [0.15, 0.2) is 4.75 Å². The fourth-order valence-corrected chi connectivity index (χ4v) is 5.35. The van der Waals surface area contributed by atoms with Crippen molar-refractivity contribution in [3.05, 3.63) is 71.0 Å². The molecule has 1 aliphatic rings. The van der Waals surface area contributed by atoms with Crippen molar-refractivity contribution in [3.8, 4) is 0 Å².